The van der Waals surface area contributed by atoms with Crippen molar-refractivity contribution in [3.8, 4) is 0 Å². The number of hydrogen-bond donors (Lipinski definition) is 3. The van der Waals surface area contributed by atoms with Crippen molar-refractivity contribution >= 4 is 27.3 Å². The van der Waals surface area contributed by atoms with Crippen molar-refractivity contribution in [3.63, 3.8) is 0 Å². The van der Waals surface area contributed by atoms with Crippen LogP contribution in [0.2, 0.25) is 0 Å². The summed E-state index contributed by atoms with van der Waals surface area (Å²) in [6.45, 7) is 4.09. The van der Waals surface area contributed by atoms with Crippen molar-refractivity contribution in [3.05, 3.63) is 41.4 Å². The first kappa shape index (κ1) is 16.5. The highest BCUT2D eigenvalue weighted by atomic mass is 35.5. The third kappa shape index (κ3) is 4.84. The summed E-state index contributed by atoms with van der Waals surface area (Å²) in [5.41, 5.74) is 5.77. The molecule has 0 aliphatic carbocycles. The second-order valence-corrected chi connectivity index (χ2v) is 6.67. The first-order chi connectivity index (χ1) is 9.36. The molecule has 0 spiro atoms. The lowest BCUT2D eigenvalue weighted by Crippen LogP contribution is -2.24. The SMILES string of the molecule is C=C(Cl)CNCCS(=O)(=O)c1cccc(/C(N)=N\O)c1. The smallest absolute Gasteiger partial charge is 0.179 e. The number of sulfone groups is 1. The molecule has 110 valence electrons. The molecule has 0 fully saturated rings. The van der Waals surface area contributed by atoms with Crippen molar-refractivity contribution in [2.75, 3.05) is 18.8 Å². The maximum Gasteiger partial charge on any atom is 0.179 e. The molecule has 0 atom stereocenters. The van der Waals surface area contributed by atoms with Crippen LogP contribution in [0.5, 0.6) is 0 Å². The summed E-state index contributed by atoms with van der Waals surface area (Å²) in [5, 5.41) is 14.7. The first-order valence-electron chi connectivity index (χ1n) is 5.71. The molecule has 1 aromatic carbocycles. The maximum atomic E-state index is 12.1. The number of benzene rings is 1. The van der Waals surface area contributed by atoms with Gasteiger partial charge in [0, 0.05) is 23.7 Å². The summed E-state index contributed by atoms with van der Waals surface area (Å²) < 4.78 is 24.2. The van der Waals surface area contributed by atoms with Gasteiger partial charge in [-0.15, -0.1) is 0 Å². The lowest BCUT2D eigenvalue weighted by atomic mass is 10.2. The molecule has 6 nitrogen and oxygen atoms in total. The zero-order chi connectivity index (χ0) is 15.2. The molecule has 0 heterocycles. The van der Waals surface area contributed by atoms with E-state index in [9.17, 15) is 8.42 Å². The molecule has 20 heavy (non-hydrogen) atoms. The molecular formula is C12H16ClN3O3S. The van der Waals surface area contributed by atoms with Gasteiger partial charge in [-0.05, 0) is 12.1 Å². The predicted octanol–water partition coefficient (Wildman–Crippen LogP) is 0.897. The molecular weight excluding hydrogens is 302 g/mol. The van der Waals surface area contributed by atoms with Crippen LogP contribution >= 0.6 is 11.6 Å². The molecule has 0 aliphatic rings. The van der Waals surface area contributed by atoms with Gasteiger partial charge in [0.05, 0.1) is 10.6 Å². The summed E-state index contributed by atoms with van der Waals surface area (Å²) in [4.78, 5) is 0.119. The lowest BCUT2D eigenvalue weighted by molar-refractivity contribution is 0.318. The van der Waals surface area contributed by atoms with Crippen molar-refractivity contribution in [2.45, 2.75) is 4.90 Å². The van der Waals surface area contributed by atoms with Gasteiger partial charge in [0.2, 0.25) is 0 Å². The second-order valence-electron chi connectivity index (χ2n) is 4.03. The van der Waals surface area contributed by atoms with Gasteiger partial charge >= 0.3 is 0 Å². The Morgan fingerprint density at radius 3 is 2.80 bits per heavy atom. The molecule has 1 aromatic rings. The highest BCUT2D eigenvalue weighted by molar-refractivity contribution is 7.91. The van der Waals surface area contributed by atoms with Crippen LogP contribution < -0.4 is 11.1 Å². The predicted molar refractivity (Wildman–Crippen MR) is 78.9 cm³/mol. The molecule has 0 unspecified atom stereocenters. The first-order valence-corrected chi connectivity index (χ1v) is 7.74. The summed E-state index contributed by atoms with van der Waals surface area (Å²) >= 11 is 5.56. The topological polar surface area (TPSA) is 105 Å². The van der Waals surface area contributed by atoms with E-state index < -0.39 is 9.84 Å². The summed E-state index contributed by atoms with van der Waals surface area (Å²) in [5.74, 6) is -0.227. The van der Waals surface area contributed by atoms with E-state index in [1.165, 1.54) is 18.2 Å². The van der Waals surface area contributed by atoms with Gasteiger partial charge in [0.15, 0.2) is 15.7 Å². The number of oxime groups is 1. The number of hydrogen-bond acceptors (Lipinski definition) is 5. The van der Waals surface area contributed by atoms with Crippen molar-refractivity contribution in [1.29, 1.82) is 0 Å². The van der Waals surface area contributed by atoms with E-state index in [1.54, 1.807) is 6.07 Å². The van der Waals surface area contributed by atoms with Gasteiger partial charge < -0.3 is 16.3 Å². The third-order valence-electron chi connectivity index (χ3n) is 2.46. The van der Waals surface area contributed by atoms with Gasteiger partial charge in [-0.25, -0.2) is 8.42 Å². The molecule has 0 aromatic heterocycles. The Labute approximate surface area is 122 Å². The summed E-state index contributed by atoms with van der Waals surface area (Å²) in [7, 11) is -3.45. The Kier molecular flexibility index (Phi) is 6.00. The molecule has 0 amide bonds. The molecule has 4 N–H and O–H groups in total. The van der Waals surface area contributed by atoms with Gasteiger partial charge in [-0.3, -0.25) is 0 Å². The van der Waals surface area contributed by atoms with Crippen LogP contribution in [0.1, 0.15) is 5.56 Å². The minimum atomic E-state index is -3.45. The van der Waals surface area contributed by atoms with Crippen molar-refractivity contribution in [2.24, 2.45) is 10.9 Å². The molecule has 0 radical (unpaired) electrons. The second kappa shape index (κ2) is 7.28. The van der Waals surface area contributed by atoms with Gasteiger partial charge in [-0.2, -0.15) is 0 Å². The summed E-state index contributed by atoms with van der Waals surface area (Å²) in [6.07, 6.45) is 0. The monoisotopic (exact) mass is 317 g/mol. The molecule has 1 rings (SSSR count). The van der Waals surface area contributed by atoms with E-state index >= 15 is 0 Å². The van der Waals surface area contributed by atoms with Gasteiger partial charge in [0.25, 0.3) is 0 Å². The lowest BCUT2D eigenvalue weighted by Gasteiger charge is -2.07. The highest BCUT2D eigenvalue weighted by Crippen LogP contribution is 2.13. The zero-order valence-electron chi connectivity index (χ0n) is 10.7. The molecule has 0 bridgehead atoms. The van der Waals surface area contributed by atoms with Crippen LogP contribution in [-0.4, -0.2) is 38.3 Å². The maximum absolute atomic E-state index is 12.1. The zero-order valence-corrected chi connectivity index (χ0v) is 12.3. The van der Waals surface area contributed by atoms with Crippen LogP contribution in [0.4, 0.5) is 0 Å². The average Bonchev–Trinajstić information content (AvgIpc) is 2.42. The molecule has 0 aliphatic heterocycles. The van der Waals surface area contributed by atoms with E-state index in [1.807, 2.05) is 0 Å². The number of halogens is 1. The van der Waals surface area contributed by atoms with Crippen LogP contribution in [0, 0.1) is 0 Å². The Morgan fingerprint density at radius 1 is 1.50 bits per heavy atom. The van der Waals surface area contributed by atoms with Crippen molar-refractivity contribution in [1.82, 2.24) is 5.32 Å². The Hall–Kier alpha value is -1.57. The van der Waals surface area contributed by atoms with E-state index in [4.69, 9.17) is 22.5 Å². The van der Waals surface area contributed by atoms with Gasteiger partial charge in [0.1, 0.15) is 0 Å². The fraction of sp³-hybridized carbons (Fsp3) is 0.250. The van der Waals surface area contributed by atoms with E-state index in [-0.39, 0.29) is 23.0 Å². The quantitative estimate of drug-likeness (QED) is 0.228. The standard InChI is InChI=1S/C12H16ClN3O3S/c1-9(13)8-15-5-6-20(18,19)11-4-2-3-10(7-11)12(14)16-17/h2-4,7,15,17H,1,5-6,8H2,(H2,14,16). The summed E-state index contributed by atoms with van der Waals surface area (Å²) in [6, 6.07) is 5.92. The fourth-order valence-corrected chi connectivity index (χ4v) is 2.79. The van der Waals surface area contributed by atoms with Crippen LogP contribution in [-0.2, 0) is 9.84 Å². The molecule has 8 heteroatoms. The molecule has 0 saturated heterocycles. The average molecular weight is 318 g/mol. The van der Waals surface area contributed by atoms with Crippen LogP contribution in [0.3, 0.4) is 0 Å². The minimum Gasteiger partial charge on any atom is -0.409 e. The number of rotatable bonds is 7. The fourth-order valence-electron chi connectivity index (χ4n) is 1.46. The minimum absolute atomic E-state index is 0.0865. The number of nitrogens with two attached hydrogens (primary N) is 1. The Balaban J connectivity index is 2.80. The van der Waals surface area contributed by atoms with E-state index in [2.05, 4.69) is 17.1 Å². The number of nitrogens with zero attached hydrogens (tertiary/aromatic N) is 1. The Bertz CT molecular complexity index is 614. The highest BCUT2D eigenvalue weighted by Gasteiger charge is 2.15. The van der Waals surface area contributed by atoms with Crippen LogP contribution in [0.15, 0.2) is 45.9 Å². The number of amidine groups is 1. The Morgan fingerprint density at radius 2 is 2.20 bits per heavy atom. The largest absolute Gasteiger partial charge is 0.409 e. The molecule has 0 saturated carbocycles. The van der Waals surface area contributed by atoms with E-state index in [0.29, 0.717) is 17.1 Å². The van der Waals surface area contributed by atoms with Gasteiger partial charge in [-0.1, -0.05) is 35.5 Å². The normalized spacial score (nSPS) is 12.3. The van der Waals surface area contributed by atoms with Crippen molar-refractivity contribution < 1.29 is 13.6 Å². The third-order valence-corrected chi connectivity index (χ3v) is 4.31. The number of nitrogens with one attached hydrogen (secondary N) is 1. The van der Waals surface area contributed by atoms with E-state index in [0.717, 1.165) is 0 Å². The van der Waals surface area contributed by atoms with Crippen LogP contribution in [0.25, 0.3) is 0 Å².